The molecule has 0 aromatic carbocycles. The third-order valence-electron chi connectivity index (χ3n) is 2.25. The zero-order chi connectivity index (χ0) is 8.81. The van der Waals surface area contributed by atoms with E-state index < -0.39 is 0 Å². The first-order chi connectivity index (χ1) is 5.86. The van der Waals surface area contributed by atoms with Crippen molar-refractivity contribution >= 4 is 0 Å². The van der Waals surface area contributed by atoms with Crippen LogP contribution in [0, 0.1) is 0 Å². The van der Waals surface area contributed by atoms with Gasteiger partial charge in [-0.1, -0.05) is 6.92 Å². The predicted molar refractivity (Wildman–Crippen MR) is 48.1 cm³/mol. The normalized spacial score (nSPS) is 30.5. The third-order valence-corrected chi connectivity index (χ3v) is 2.25. The van der Waals surface area contributed by atoms with E-state index in [1.165, 1.54) is 0 Å². The van der Waals surface area contributed by atoms with Crippen LogP contribution in [0.1, 0.15) is 26.2 Å². The summed E-state index contributed by atoms with van der Waals surface area (Å²) in [4.78, 5) is 0. The van der Waals surface area contributed by atoms with E-state index in [0.717, 1.165) is 25.9 Å². The summed E-state index contributed by atoms with van der Waals surface area (Å²) >= 11 is 0. The summed E-state index contributed by atoms with van der Waals surface area (Å²) in [5, 5.41) is 0. The lowest BCUT2D eigenvalue weighted by Gasteiger charge is -2.28. The molecule has 1 saturated heterocycles. The first-order valence-electron chi connectivity index (χ1n) is 4.80. The van der Waals surface area contributed by atoms with Crippen molar-refractivity contribution in [2.45, 2.75) is 38.4 Å². The van der Waals surface area contributed by atoms with Crippen molar-refractivity contribution < 1.29 is 9.47 Å². The van der Waals surface area contributed by atoms with Gasteiger partial charge in [0.1, 0.15) is 0 Å². The molecule has 3 nitrogen and oxygen atoms in total. The standard InChI is InChI=1S/C9H19NO2/c1-2-8-7-9(3-5-11-8)12-6-4-10/h8-9H,2-7,10H2,1H3. The van der Waals surface area contributed by atoms with Gasteiger partial charge in [0.15, 0.2) is 0 Å². The van der Waals surface area contributed by atoms with E-state index in [0.29, 0.717) is 25.4 Å². The molecule has 3 heteroatoms. The van der Waals surface area contributed by atoms with Crippen molar-refractivity contribution in [1.82, 2.24) is 0 Å². The molecule has 0 saturated carbocycles. The maximum Gasteiger partial charge on any atom is 0.0622 e. The quantitative estimate of drug-likeness (QED) is 0.687. The number of nitrogens with two attached hydrogens (primary N) is 1. The van der Waals surface area contributed by atoms with Crippen LogP contribution in [-0.2, 0) is 9.47 Å². The van der Waals surface area contributed by atoms with Crippen molar-refractivity contribution in [1.29, 1.82) is 0 Å². The molecule has 1 heterocycles. The van der Waals surface area contributed by atoms with Gasteiger partial charge in [-0.3, -0.25) is 0 Å². The lowest BCUT2D eigenvalue weighted by Crippen LogP contribution is -2.31. The van der Waals surface area contributed by atoms with Crippen molar-refractivity contribution in [2.75, 3.05) is 19.8 Å². The average molecular weight is 173 g/mol. The van der Waals surface area contributed by atoms with Gasteiger partial charge in [-0.15, -0.1) is 0 Å². The van der Waals surface area contributed by atoms with E-state index in [-0.39, 0.29) is 0 Å². The van der Waals surface area contributed by atoms with Crippen LogP contribution < -0.4 is 5.73 Å². The maximum absolute atomic E-state index is 5.56. The van der Waals surface area contributed by atoms with Crippen LogP contribution >= 0.6 is 0 Å². The second-order valence-corrected chi connectivity index (χ2v) is 3.21. The number of hydrogen-bond acceptors (Lipinski definition) is 3. The highest BCUT2D eigenvalue weighted by molar-refractivity contribution is 4.70. The van der Waals surface area contributed by atoms with Crippen molar-refractivity contribution in [3.8, 4) is 0 Å². The second kappa shape index (κ2) is 5.51. The summed E-state index contributed by atoms with van der Waals surface area (Å²) in [6.07, 6.45) is 3.93. The molecule has 0 amide bonds. The smallest absolute Gasteiger partial charge is 0.0622 e. The molecule has 0 spiro atoms. The van der Waals surface area contributed by atoms with Gasteiger partial charge >= 0.3 is 0 Å². The Labute approximate surface area is 74.2 Å². The van der Waals surface area contributed by atoms with Gasteiger partial charge in [0, 0.05) is 13.2 Å². The van der Waals surface area contributed by atoms with Gasteiger partial charge < -0.3 is 15.2 Å². The highest BCUT2D eigenvalue weighted by atomic mass is 16.5. The fraction of sp³-hybridized carbons (Fsp3) is 1.00. The molecule has 0 bridgehead atoms. The lowest BCUT2D eigenvalue weighted by atomic mass is 10.0. The van der Waals surface area contributed by atoms with Crippen LogP contribution in [-0.4, -0.2) is 32.0 Å². The van der Waals surface area contributed by atoms with E-state index in [9.17, 15) is 0 Å². The predicted octanol–water partition coefficient (Wildman–Crippen LogP) is 0.919. The van der Waals surface area contributed by atoms with Crippen molar-refractivity contribution in [3.05, 3.63) is 0 Å². The molecule has 2 N–H and O–H groups in total. The molecule has 2 unspecified atom stereocenters. The molecule has 1 aliphatic heterocycles. The summed E-state index contributed by atoms with van der Waals surface area (Å²) in [5.74, 6) is 0. The Morgan fingerprint density at radius 1 is 1.58 bits per heavy atom. The van der Waals surface area contributed by atoms with Crippen LogP contribution in [0.4, 0.5) is 0 Å². The maximum atomic E-state index is 5.56. The van der Waals surface area contributed by atoms with Crippen LogP contribution in [0.25, 0.3) is 0 Å². The lowest BCUT2D eigenvalue weighted by molar-refractivity contribution is -0.0713. The molecule has 0 aliphatic carbocycles. The number of rotatable bonds is 4. The zero-order valence-electron chi connectivity index (χ0n) is 7.79. The minimum atomic E-state index is 0.382. The highest BCUT2D eigenvalue weighted by Crippen LogP contribution is 2.18. The van der Waals surface area contributed by atoms with Crippen LogP contribution in [0.3, 0.4) is 0 Å². The summed E-state index contributed by atoms with van der Waals surface area (Å²) in [6.45, 7) is 4.29. The summed E-state index contributed by atoms with van der Waals surface area (Å²) in [6, 6.07) is 0. The molecule has 0 radical (unpaired) electrons. The third kappa shape index (κ3) is 3.09. The monoisotopic (exact) mass is 173 g/mol. The van der Waals surface area contributed by atoms with Gasteiger partial charge in [0.25, 0.3) is 0 Å². The minimum Gasteiger partial charge on any atom is -0.378 e. The molecular formula is C9H19NO2. The molecule has 0 aromatic heterocycles. The number of ether oxygens (including phenoxy) is 2. The fourth-order valence-electron chi connectivity index (χ4n) is 1.52. The Bertz CT molecular complexity index is 119. The Morgan fingerprint density at radius 3 is 3.08 bits per heavy atom. The Balaban J connectivity index is 2.16. The van der Waals surface area contributed by atoms with Crippen molar-refractivity contribution in [3.63, 3.8) is 0 Å². The molecule has 1 aliphatic rings. The Kier molecular flexibility index (Phi) is 4.58. The van der Waals surface area contributed by atoms with E-state index in [1.807, 2.05) is 0 Å². The van der Waals surface area contributed by atoms with Gasteiger partial charge in [0.2, 0.25) is 0 Å². The molecule has 1 rings (SSSR count). The van der Waals surface area contributed by atoms with Crippen LogP contribution in [0.5, 0.6) is 0 Å². The first kappa shape index (κ1) is 9.96. The van der Waals surface area contributed by atoms with Crippen LogP contribution in [0.15, 0.2) is 0 Å². The highest BCUT2D eigenvalue weighted by Gasteiger charge is 2.21. The molecular weight excluding hydrogens is 154 g/mol. The minimum absolute atomic E-state index is 0.382. The fourth-order valence-corrected chi connectivity index (χ4v) is 1.52. The largest absolute Gasteiger partial charge is 0.378 e. The van der Waals surface area contributed by atoms with Crippen LogP contribution in [0.2, 0.25) is 0 Å². The molecule has 1 fully saturated rings. The second-order valence-electron chi connectivity index (χ2n) is 3.21. The van der Waals surface area contributed by atoms with Gasteiger partial charge in [-0.25, -0.2) is 0 Å². The zero-order valence-corrected chi connectivity index (χ0v) is 7.79. The van der Waals surface area contributed by atoms with E-state index in [4.69, 9.17) is 15.2 Å². The summed E-state index contributed by atoms with van der Waals surface area (Å²) in [7, 11) is 0. The number of hydrogen-bond donors (Lipinski definition) is 1. The van der Waals surface area contributed by atoms with E-state index >= 15 is 0 Å². The summed E-state index contributed by atoms with van der Waals surface area (Å²) < 4.78 is 11.1. The first-order valence-corrected chi connectivity index (χ1v) is 4.80. The van der Waals surface area contributed by atoms with Gasteiger partial charge in [-0.05, 0) is 19.3 Å². The molecule has 0 aromatic rings. The SMILES string of the molecule is CCC1CC(OCCN)CCO1. The molecule has 2 atom stereocenters. The van der Waals surface area contributed by atoms with Crippen molar-refractivity contribution in [2.24, 2.45) is 5.73 Å². The Morgan fingerprint density at radius 2 is 2.42 bits per heavy atom. The molecule has 72 valence electrons. The molecule has 12 heavy (non-hydrogen) atoms. The van der Waals surface area contributed by atoms with E-state index in [1.54, 1.807) is 0 Å². The Hall–Kier alpha value is -0.120. The summed E-state index contributed by atoms with van der Waals surface area (Å²) in [5.41, 5.74) is 5.36. The van der Waals surface area contributed by atoms with E-state index in [2.05, 4.69) is 6.92 Å². The van der Waals surface area contributed by atoms with Gasteiger partial charge in [0.05, 0.1) is 18.8 Å². The average Bonchev–Trinajstić information content (AvgIpc) is 2.15. The topological polar surface area (TPSA) is 44.5 Å². The van der Waals surface area contributed by atoms with Gasteiger partial charge in [-0.2, -0.15) is 0 Å².